The molecule has 0 aliphatic rings. The number of carbonyl (C=O) groups is 2. The van der Waals surface area contributed by atoms with Crippen LogP contribution in [0.5, 0.6) is 0 Å². The SMILES string of the molecule is NC(=O)c1ccc[n+](COCCOC[n+]2cccc(C(N)=O)c2)c1.[Cl-].[Cl-]. The van der Waals surface area contributed by atoms with Gasteiger partial charge in [0, 0.05) is 12.1 Å². The molecule has 0 unspecified atom stereocenters. The summed E-state index contributed by atoms with van der Waals surface area (Å²) in [6.45, 7) is 1.33. The summed E-state index contributed by atoms with van der Waals surface area (Å²) in [6, 6.07) is 6.73. The zero-order valence-corrected chi connectivity index (χ0v) is 15.4. The molecule has 2 aromatic rings. The Morgan fingerprint density at radius 3 is 1.54 bits per heavy atom. The Bertz CT molecular complexity index is 669. The maximum absolute atomic E-state index is 11.1. The van der Waals surface area contributed by atoms with Crippen molar-refractivity contribution in [3.05, 3.63) is 60.2 Å². The molecule has 2 rings (SSSR count). The molecule has 0 saturated heterocycles. The van der Waals surface area contributed by atoms with E-state index >= 15 is 0 Å². The van der Waals surface area contributed by atoms with Crippen molar-refractivity contribution in [2.45, 2.75) is 13.5 Å². The van der Waals surface area contributed by atoms with E-state index in [-0.39, 0.29) is 38.3 Å². The second kappa shape index (κ2) is 12.2. The summed E-state index contributed by atoms with van der Waals surface area (Å²) in [5.74, 6) is -0.967. The van der Waals surface area contributed by atoms with Gasteiger partial charge < -0.3 is 45.8 Å². The Morgan fingerprint density at radius 1 is 0.808 bits per heavy atom. The molecule has 0 spiro atoms. The average molecular weight is 403 g/mol. The van der Waals surface area contributed by atoms with E-state index in [4.69, 9.17) is 20.9 Å². The molecule has 8 nitrogen and oxygen atoms in total. The monoisotopic (exact) mass is 402 g/mol. The summed E-state index contributed by atoms with van der Waals surface area (Å²) in [6.07, 6.45) is 6.79. The minimum absolute atomic E-state index is 0. The van der Waals surface area contributed by atoms with Gasteiger partial charge in [-0.05, 0) is 12.1 Å². The fraction of sp³-hybridized carbons (Fsp3) is 0.250. The topological polar surface area (TPSA) is 112 Å². The molecular formula is C16H20Cl2N4O4. The van der Waals surface area contributed by atoms with Gasteiger partial charge in [-0.15, -0.1) is 0 Å². The fourth-order valence-electron chi connectivity index (χ4n) is 1.95. The van der Waals surface area contributed by atoms with Gasteiger partial charge in [0.15, 0.2) is 24.8 Å². The average Bonchev–Trinajstić information content (AvgIpc) is 2.58. The number of hydrogen-bond donors (Lipinski definition) is 2. The van der Waals surface area contributed by atoms with Crippen molar-refractivity contribution in [2.75, 3.05) is 13.2 Å². The number of nitrogens with zero attached hydrogens (tertiary/aromatic N) is 2. The van der Waals surface area contributed by atoms with Gasteiger partial charge in [-0.2, -0.15) is 9.13 Å². The van der Waals surface area contributed by atoms with E-state index in [0.717, 1.165) is 0 Å². The first-order valence-electron chi connectivity index (χ1n) is 7.29. The number of aromatic nitrogens is 2. The Kier molecular flexibility index (Phi) is 11.1. The van der Waals surface area contributed by atoms with E-state index in [1.807, 2.05) is 0 Å². The van der Waals surface area contributed by atoms with Crippen molar-refractivity contribution in [3.8, 4) is 0 Å². The highest BCUT2D eigenvalue weighted by Gasteiger charge is 2.08. The van der Waals surface area contributed by atoms with Crippen molar-refractivity contribution < 1.29 is 53.0 Å². The number of primary amides is 2. The second-order valence-corrected chi connectivity index (χ2v) is 5.02. The minimum atomic E-state index is -0.483. The van der Waals surface area contributed by atoms with Crippen LogP contribution in [0.15, 0.2) is 49.1 Å². The van der Waals surface area contributed by atoms with Crippen LogP contribution in [0.4, 0.5) is 0 Å². The standard InChI is InChI=1S/C16H18N4O4.2ClH/c17-15(21)13-3-1-5-19(9-13)11-23-7-8-24-12-20-6-2-4-14(10-20)16(18)22;;/h1-6,9-10H,7-8,11-12H2,(H2-2,17,18,21,22);2*1H. The molecule has 26 heavy (non-hydrogen) atoms. The zero-order chi connectivity index (χ0) is 17.4. The van der Waals surface area contributed by atoms with Gasteiger partial charge in [-0.25, -0.2) is 0 Å². The van der Waals surface area contributed by atoms with Crippen LogP contribution in [0, 0.1) is 0 Å². The van der Waals surface area contributed by atoms with E-state index in [9.17, 15) is 9.59 Å². The van der Waals surface area contributed by atoms with E-state index < -0.39 is 11.8 Å². The summed E-state index contributed by atoms with van der Waals surface area (Å²) in [5.41, 5.74) is 11.3. The van der Waals surface area contributed by atoms with Crippen LogP contribution in [-0.4, -0.2) is 25.0 Å². The highest BCUT2D eigenvalue weighted by atomic mass is 35.5. The summed E-state index contributed by atoms with van der Waals surface area (Å²) in [5, 5.41) is 0. The molecule has 142 valence electrons. The number of amides is 2. The molecule has 0 atom stereocenters. The van der Waals surface area contributed by atoms with Crippen molar-refractivity contribution in [1.29, 1.82) is 0 Å². The minimum Gasteiger partial charge on any atom is -1.00 e. The molecular weight excluding hydrogens is 383 g/mol. The van der Waals surface area contributed by atoms with E-state index in [1.54, 1.807) is 58.2 Å². The van der Waals surface area contributed by atoms with Crippen LogP contribution in [-0.2, 0) is 22.9 Å². The zero-order valence-electron chi connectivity index (χ0n) is 13.9. The van der Waals surface area contributed by atoms with Crippen LogP contribution in [0.25, 0.3) is 0 Å². The third kappa shape index (κ3) is 7.75. The van der Waals surface area contributed by atoms with Crippen LogP contribution in [0.3, 0.4) is 0 Å². The normalized spacial score (nSPS) is 9.69. The van der Waals surface area contributed by atoms with Crippen molar-refractivity contribution >= 4 is 11.8 Å². The van der Waals surface area contributed by atoms with Crippen LogP contribution in [0.1, 0.15) is 20.7 Å². The Hall–Kier alpha value is -2.26. The van der Waals surface area contributed by atoms with Crippen molar-refractivity contribution in [1.82, 2.24) is 0 Å². The quantitative estimate of drug-likeness (QED) is 0.320. The van der Waals surface area contributed by atoms with Gasteiger partial charge in [-0.1, -0.05) is 0 Å². The number of pyridine rings is 2. The maximum Gasteiger partial charge on any atom is 0.254 e. The number of rotatable bonds is 9. The van der Waals surface area contributed by atoms with E-state index in [1.165, 1.54) is 0 Å². The van der Waals surface area contributed by atoms with E-state index in [2.05, 4.69) is 0 Å². The number of nitrogens with two attached hydrogens (primary N) is 2. The van der Waals surface area contributed by atoms with Gasteiger partial charge in [0.25, 0.3) is 25.3 Å². The fourth-order valence-corrected chi connectivity index (χ4v) is 1.95. The molecule has 0 fully saturated rings. The largest absolute Gasteiger partial charge is 1.00 e. The van der Waals surface area contributed by atoms with Gasteiger partial charge in [0.1, 0.15) is 11.1 Å². The highest BCUT2D eigenvalue weighted by molar-refractivity contribution is 5.92. The molecule has 10 heteroatoms. The van der Waals surface area contributed by atoms with E-state index in [0.29, 0.717) is 24.3 Å². The Balaban J connectivity index is 0.00000312. The first-order chi connectivity index (χ1) is 11.6. The van der Waals surface area contributed by atoms with Crippen LogP contribution in [0.2, 0.25) is 0 Å². The Morgan fingerprint density at radius 2 is 1.19 bits per heavy atom. The smallest absolute Gasteiger partial charge is 0.254 e. The molecule has 0 radical (unpaired) electrons. The van der Waals surface area contributed by atoms with Gasteiger partial charge in [-0.3, -0.25) is 9.59 Å². The van der Waals surface area contributed by atoms with Crippen molar-refractivity contribution in [3.63, 3.8) is 0 Å². The van der Waals surface area contributed by atoms with Gasteiger partial charge in [0.05, 0.1) is 13.2 Å². The van der Waals surface area contributed by atoms with Crippen LogP contribution < -0.4 is 45.4 Å². The first kappa shape index (κ1) is 23.7. The molecule has 2 aromatic heterocycles. The number of ether oxygens (including phenoxy) is 2. The molecule has 0 bridgehead atoms. The van der Waals surface area contributed by atoms with Crippen molar-refractivity contribution in [2.24, 2.45) is 11.5 Å². The van der Waals surface area contributed by atoms with Gasteiger partial charge >= 0.3 is 0 Å². The molecule has 0 saturated carbocycles. The molecule has 2 heterocycles. The Labute approximate surface area is 163 Å². The summed E-state index contributed by atoms with van der Waals surface area (Å²) < 4.78 is 14.3. The third-order valence-electron chi connectivity index (χ3n) is 3.14. The number of halogens is 2. The lowest BCUT2D eigenvalue weighted by atomic mass is 10.3. The van der Waals surface area contributed by atoms with Gasteiger partial charge in [0.2, 0.25) is 0 Å². The first-order valence-corrected chi connectivity index (χ1v) is 7.29. The highest BCUT2D eigenvalue weighted by Crippen LogP contribution is 1.93. The molecule has 0 aliphatic carbocycles. The second-order valence-electron chi connectivity index (χ2n) is 5.02. The molecule has 0 aromatic carbocycles. The molecule has 0 aliphatic heterocycles. The number of carbonyl (C=O) groups excluding carboxylic acids is 2. The lowest BCUT2D eigenvalue weighted by Gasteiger charge is -2.03. The maximum atomic E-state index is 11.1. The predicted molar refractivity (Wildman–Crippen MR) is 82.2 cm³/mol. The number of hydrogen-bond acceptors (Lipinski definition) is 4. The predicted octanol–water partition coefficient (Wildman–Crippen LogP) is -6.88. The summed E-state index contributed by atoms with van der Waals surface area (Å²) in [4.78, 5) is 22.2. The molecule has 4 N–H and O–H groups in total. The summed E-state index contributed by atoms with van der Waals surface area (Å²) in [7, 11) is 0. The lowest BCUT2D eigenvalue weighted by Crippen LogP contribution is -3.00. The van der Waals surface area contributed by atoms with Crippen LogP contribution >= 0.6 is 0 Å². The summed E-state index contributed by atoms with van der Waals surface area (Å²) >= 11 is 0. The lowest BCUT2D eigenvalue weighted by molar-refractivity contribution is -0.737. The molecule has 2 amide bonds. The third-order valence-corrected chi connectivity index (χ3v) is 3.14.